The first kappa shape index (κ1) is 22.4. The number of rotatable bonds is 6. The van der Waals surface area contributed by atoms with E-state index in [0.29, 0.717) is 48.8 Å². The number of carbonyl (C=O) groups is 1. The fraction of sp³-hybridized carbons (Fsp3) is 0.364. The van der Waals surface area contributed by atoms with Gasteiger partial charge in [0, 0.05) is 30.2 Å². The average Bonchev–Trinajstić information content (AvgIpc) is 2.76. The number of hydrogen-bond donors (Lipinski definition) is 1. The number of anilines is 1. The van der Waals surface area contributed by atoms with Crippen LogP contribution in [0, 0.1) is 21.4 Å². The van der Waals surface area contributed by atoms with Gasteiger partial charge in [-0.1, -0.05) is 29.8 Å². The van der Waals surface area contributed by atoms with Crippen molar-refractivity contribution in [2.75, 3.05) is 25.0 Å². The van der Waals surface area contributed by atoms with E-state index in [-0.39, 0.29) is 17.8 Å². The molecule has 1 N–H and O–H groups in total. The van der Waals surface area contributed by atoms with Gasteiger partial charge in [-0.3, -0.25) is 10.1 Å². The molecular weight excluding hydrogens is 420 g/mol. The van der Waals surface area contributed by atoms with Crippen molar-refractivity contribution >= 4 is 29.1 Å². The zero-order chi connectivity index (χ0) is 22.4. The van der Waals surface area contributed by atoms with Crippen LogP contribution in [0.2, 0.25) is 5.02 Å². The number of nitro groups is 1. The van der Waals surface area contributed by atoms with Crippen molar-refractivity contribution in [2.24, 2.45) is 0 Å². The SMILES string of the molecule is CCOC(=O)N1CCC(Nc2cc(C(C#N)c3ccc(Cl)cc3)ccc2[N+](=O)[O-])CC1. The van der Waals surface area contributed by atoms with Crippen LogP contribution in [0.3, 0.4) is 0 Å². The minimum atomic E-state index is -0.579. The molecule has 1 unspecified atom stereocenters. The minimum absolute atomic E-state index is 0.0318. The Morgan fingerprint density at radius 2 is 1.94 bits per heavy atom. The van der Waals surface area contributed by atoms with E-state index in [9.17, 15) is 20.2 Å². The lowest BCUT2D eigenvalue weighted by atomic mass is 9.92. The average molecular weight is 443 g/mol. The largest absolute Gasteiger partial charge is 0.450 e. The molecule has 1 heterocycles. The summed E-state index contributed by atoms with van der Waals surface area (Å²) >= 11 is 5.94. The fourth-order valence-corrected chi connectivity index (χ4v) is 3.77. The first-order valence-electron chi connectivity index (χ1n) is 10.0. The van der Waals surface area contributed by atoms with Crippen LogP contribution in [-0.4, -0.2) is 41.7 Å². The van der Waals surface area contributed by atoms with E-state index in [4.69, 9.17) is 16.3 Å². The number of halogens is 1. The number of hydrogen-bond acceptors (Lipinski definition) is 6. The molecule has 9 heteroatoms. The highest BCUT2D eigenvalue weighted by molar-refractivity contribution is 6.30. The quantitative estimate of drug-likeness (QED) is 0.501. The van der Waals surface area contributed by atoms with E-state index >= 15 is 0 Å². The van der Waals surface area contributed by atoms with Crippen molar-refractivity contribution in [3.8, 4) is 6.07 Å². The Morgan fingerprint density at radius 3 is 2.52 bits per heavy atom. The van der Waals surface area contributed by atoms with E-state index in [0.717, 1.165) is 5.56 Å². The van der Waals surface area contributed by atoms with Crippen LogP contribution in [0.25, 0.3) is 0 Å². The number of likely N-dealkylation sites (tertiary alicyclic amines) is 1. The molecule has 0 saturated carbocycles. The first-order chi connectivity index (χ1) is 14.9. The summed E-state index contributed by atoms with van der Waals surface area (Å²) in [5.41, 5.74) is 1.73. The summed E-state index contributed by atoms with van der Waals surface area (Å²) in [5, 5.41) is 25.1. The molecule has 1 aliphatic heterocycles. The van der Waals surface area contributed by atoms with E-state index in [1.165, 1.54) is 6.07 Å². The van der Waals surface area contributed by atoms with E-state index in [2.05, 4.69) is 11.4 Å². The van der Waals surface area contributed by atoms with Gasteiger partial charge in [-0.05, 0) is 49.1 Å². The zero-order valence-corrected chi connectivity index (χ0v) is 17.8. The van der Waals surface area contributed by atoms with Crippen molar-refractivity contribution in [1.82, 2.24) is 4.90 Å². The lowest BCUT2D eigenvalue weighted by molar-refractivity contribution is -0.384. The van der Waals surface area contributed by atoms with Crippen LogP contribution in [0.15, 0.2) is 42.5 Å². The number of carbonyl (C=O) groups excluding carboxylic acids is 1. The Morgan fingerprint density at radius 1 is 1.29 bits per heavy atom. The van der Waals surface area contributed by atoms with Crippen LogP contribution in [0.1, 0.15) is 36.8 Å². The Hall–Kier alpha value is -3.31. The Bertz CT molecular complexity index is 982. The normalized spacial score (nSPS) is 15.1. The lowest BCUT2D eigenvalue weighted by Gasteiger charge is -2.32. The van der Waals surface area contributed by atoms with Crippen LogP contribution < -0.4 is 5.32 Å². The number of ether oxygens (including phenoxy) is 1. The number of nitrogens with one attached hydrogen (secondary N) is 1. The van der Waals surface area contributed by atoms with Gasteiger partial charge in [0.25, 0.3) is 5.69 Å². The molecule has 0 aromatic heterocycles. The van der Waals surface area contributed by atoms with Gasteiger partial charge in [0.1, 0.15) is 5.69 Å². The fourth-order valence-electron chi connectivity index (χ4n) is 3.65. The molecule has 162 valence electrons. The zero-order valence-electron chi connectivity index (χ0n) is 17.1. The van der Waals surface area contributed by atoms with Gasteiger partial charge in [0.05, 0.1) is 23.5 Å². The summed E-state index contributed by atoms with van der Waals surface area (Å²) in [4.78, 5) is 24.6. The second kappa shape index (κ2) is 10.1. The molecule has 1 aliphatic rings. The molecule has 8 nitrogen and oxygen atoms in total. The summed E-state index contributed by atoms with van der Waals surface area (Å²) in [6.45, 7) is 3.10. The number of nitrogens with zero attached hydrogens (tertiary/aromatic N) is 3. The highest BCUT2D eigenvalue weighted by Gasteiger charge is 2.26. The standard InChI is InChI=1S/C22H23ClN4O4/c1-2-31-22(28)26-11-9-18(10-12-26)25-20-13-16(5-8-21(20)27(29)30)19(14-24)15-3-6-17(23)7-4-15/h3-8,13,18-19,25H,2,9-12H2,1H3. The molecule has 0 spiro atoms. The monoisotopic (exact) mass is 442 g/mol. The maximum atomic E-state index is 11.9. The molecule has 3 rings (SSSR count). The van der Waals surface area contributed by atoms with Gasteiger partial charge < -0.3 is 15.0 Å². The van der Waals surface area contributed by atoms with Gasteiger partial charge in [0.15, 0.2) is 0 Å². The molecule has 1 amide bonds. The highest BCUT2D eigenvalue weighted by Crippen LogP contribution is 2.33. The number of amides is 1. The highest BCUT2D eigenvalue weighted by atomic mass is 35.5. The second-order valence-corrected chi connectivity index (χ2v) is 7.69. The molecule has 0 radical (unpaired) electrons. The lowest BCUT2D eigenvalue weighted by Crippen LogP contribution is -2.42. The topological polar surface area (TPSA) is 108 Å². The predicted octanol–water partition coefficient (Wildman–Crippen LogP) is 4.94. The van der Waals surface area contributed by atoms with Gasteiger partial charge in [-0.25, -0.2) is 4.79 Å². The third kappa shape index (κ3) is 5.44. The van der Waals surface area contributed by atoms with Crippen molar-refractivity contribution in [3.63, 3.8) is 0 Å². The summed E-state index contributed by atoms with van der Waals surface area (Å²) in [6.07, 6.45) is 0.937. The Kier molecular flexibility index (Phi) is 7.32. The molecule has 31 heavy (non-hydrogen) atoms. The predicted molar refractivity (Wildman–Crippen MR) is 117 cm³/mol. The maximum Gasteiger partial charge on any atom is 0.409 e. The maximum absolute atomic E-state index is 11.9. The smallest absolute Gasteiger partial charge is 0.409 e. The van der Waals surface area contributed by atoms with Crippen LogP contribution in [-0.2, 0) is 4.74 Å². The van der Waals surface area contributed by atoms with Crippen molar-refractivity contribution in [1.29, 1.82) is 5.26 Å². The van der Waals surface area contributed by atoms with Gasteiger partial charge in [-0.15, -0.1) is 0 Å². The number of nitro benzene ring substituents is 1. The minimum Gasteiger partial charge on any atom is -0.450 e. The Labute approximate surface area is 185 Å². The van der Waals surface area contributed by atoms with E-state index in [1.807, 2.05) is 0 Å². The van der Waals surface area contributed by atoms with Crippen LogP contribution in [0.4, 0.5) is 16.2 Å². The summed E-state index contributed by atoms with van der Waals surface area (Å²) in [5.74, 6) is -0.579. The van der Waals surface area contributed by atoms with Crippen LogP contribution in [0.5, 0.6) is 0 Å². The first-order valence-corrected chi connectivity index (χ1v) is 10.4. The summed E-state index contributed by atoms with van der Waals surface area (Å²) in [7, 11) is 0. The molecule has 1 saturated heterocycles. The summed E-state index contributed by atoms with van der Waals surface area (Å²) < 4.78 is 5.03. The van der Waals surface area contributed by atoms with E-state index < -0.39 is 10.8 Å². The van der Waals surface area contributed by atoms with Gasteiger partial charge in [0.2, 0.25) is 0 Å². The molecule has 0 bridgehead atoms. The van der Waals surface area contributed by atoms with Crippen molar-refractivity contribution in [3.05, 3.63) is 68.7 Å². The third-order valence-electron chi connectivity index (χ3n) is 5.26. The van der Waals surface area contributed by atoms with Gasteiger partial charge >= 0.3 is 6.09 Å². The molecule has 2 aromatic rings. The number of piperidine rings is 1. The van der Waals surface area contributed by atoms with Crippen molar-refractivity contribution in [2.45, 2.75) is 31.7 Å². The van der Waals surface area contributed by atoms with Crippen LogP contribution >= 0.6 is 11.6 Å². The number of nitriles is 1. The molecule has 1 atom stereocenters. The van der Waals surface area contributed by atoms with Gasteiger partial charge in [-0.2, -0.15) is 5.26 Å². The van der Waals surface area contributed by atoms with Crippen molar-refractivity contribution < 1.29 is 14.5 Å². The molecule has 2 aromatic carbocycles. The molecule has 0 aliphatic carbocycles. The Balaban J connectivity index is 1.80. The molecule has 1 fully saturated rings. The third-order valence-corrected chi connectivity index (χ3v) is 5.52. The van der Waals surface area contributed by atoms with E-state index in [1.54, 1.807) is 48.2 Å². The summed E-state index contributed by atoms with van der Waals surface area (Å²) in [6, 6.07) is 13.9. The second-order valence-electron chi connectivity index (χ2n) is 7.25. The number of benzene rings is 2. The molecular formula is C22H23ClN4O4.